The van der Waals surface area contributed by atoms with Crippen molar-refractivity contribution in [1.29, 1.82) is 0 Å². The van der Waals surface area contributed by atoms with Crippen molar-refractivity contribution in [1.82, 2.24) is 9.88 Å². The first-order chi connectivity index (χ1) is 14.2. The Hall–Kier alpha value is -3.12. The molecule has 2 N–H and O–H groups in total. The molecule has 6 heteroatoms. The van der Waals surface area contributed by atoms with Gasteiger partial charge in [-0.25, -0.2) is 0 Å². The number of benzene rings is 2. The Balaban J connectivity index is 1.43. The predicted molar refractivity (Wildman–Crippen MR) is 114 cm³/mol. The highest BCUT2D eigenvalue weighted by Crippen LogP contribution is 2.26. The zero-order valence-corrected chi connectivity index (χ0v) is 16.5. The summed E-state index contributed by atoms with van der Waals surface area (Å²) in [5.74, 6) is -0.162. The topological polar surface area (TPSA) is 74.4 Å². The number of H-pyrrole nitrogens is 1. The average Bonchev–Trinajstić information content (AvgIpc) is 3.39. The van der Waals surface area contributed by atoms with Crippen molar-refractivity contribution in [3.8, 4) is 11.3 Å². The van der Waals surface area contributed by atoms with Crippen LogP contribution in [0.3, 0.4) is 0 Å². The second-order valence-corrected chi connectivity index (χ2v) is 7.32. The molecule has 1 aromatic heterocycles. The minimum absolute atomic E-state index is 0.0290. The van der Waals surface area contributed by atoms with Crippen molar-refractivity contribution >= 4 is 28.4 Å². The number of aromatic amines is 1. The van der Waals surface area contributed by atoms with Gasteiger partial charge in [0, 0.05) is 35.9 Å². The van der Waals surface area contributed by atoms with Gasteiger partial charge < -0.3 is 19.9 Å². The number of ether oxygens (including phenoxy) is 1. The molecule has 0 aliphatic carbocycles. The fourth-order valence-corrected chi connectivity index (χ4v) is 3.86. The summed E-state index contributed by atoms with van der Waals surface area (Å²) in [6.07, 6.45) is 1.84. The largest absolute Gasteiger partial charge is 0.384 e. The maximum absolute atomic E-state index is 12.7. The third-order valence-electron chi connectivity index (χ3n) is 5.39. The summed E-state index contributed by atoms with van der Waals surface area (Å²) in [7, 11) is 1.57. The third kappa shape index (κ3) is 4.17. The number of nitrogens with one attached hydrogen (secondary N) is 2. The van der Waals surface area contributed by atoms with Crippen molar-refractivity contribution in [3.63, 3.8) is 0 Å². The molecular weight excluding hydrogens is 366 g/mol. The van der Waals surface area contributed by atoms with E-state index in [-0.39, 0.29) is 11.8 Å². The van der Waals surface area contributed by atoms with Gasteiger partial charge in [0.1, 0.15) is 6.04 Å². The minimum atomic E-state index is -0.410. The van der Waals surface area contributed by atoms with Gasteiger partial charge in [-0.3, -0.25) is 9.59 Å². The van der Waals surface area contributed by atoms with Crippen LogP contribution in [0.5, 0.6) is 0 Å². The molecule has 4 rings (SSSR count). The van der Waals surface area contributed by atoms with Crippen LogP contribution >= 0.6 is 0 Å². The zero-order valence-electron chi connectivity index (χ0n) is 16.5. The third-order valence-corrected chi connectivity index (χ3v) is 5.39. The Morgan fingerprint density at radius 1 is 1.17 bits per heavy atom. The molecule has 0 bridgehead atoms. The van der Waals surface area contributed by atoms with Crippen LogP contribution in [-0.4, -0.2) is 48.0 Å². The first-order valence-corrected chi connectivity index (χ1v) is 9.93. The number of carbonyl (C=O) groups is 2. The Kier molecular flexibility index (Phi) is 5.62. The highest BCUT2D eigenvalue weighted by atomic mass is 16.5. The SMILES string of the molecule is COCCC(=O)N1CCC[C@H]1C(=O)Nc1ccc(-c2cc3ccccc3[nH]2)cc1. The first kappa shape index (κ1) is 19.2. The summed E-state index contributed by atoms with van der Waals surface area (Å²) in [5, 5.41) is 4.12. The molecule has 0 spiro atoms. The van der Waals surface area contributed by atoms with Crippen LogP contribution in [0.25, 0.3) is 22.2 Å². The molecule has 2 heterocycles. The molecule has 150 valence electrons. The van der Waals surface area contributed by atoms with Gasteiger partial charge in [0.05, 0.1) is 13.0 Å². The van der Waals surface area contributed by atoms with Crippen molar-refractivity contribution in [2.75, 3.05) is 25.6 Å². The number of likely N-dealkylation sites (tertiary alicyclic amines) is 1. The lowest BCUT2D eigenvalue weighted by Gasteiger charge is -2.24. The van der Waals surface area contributed by atoms with E-state index >= 15 is 0 Å². The normalized spacial score (nSPS) is 16.3. The first-order valence-electron chi connectivity index (χ1n) is 9.93. The lowest BCUT2D eigenvalue weighted by atomic mass is 10.1. The molecule has 2 amide bonds. The number of fused-ring (bicyclic) bond motifs is 1. The molecule has 0 unspecified atom stereocenters. The number of hydrogen-bond donors (Lipinski definition) is 2. The lowest BCUT2D eigenvalue weighted by Crippen LogP contribution is -2.43. The molecule has 1 atom stereocenters. The number of aromatic nitrogens is 1. The van der Waals surface area contributed by atoms with Crippen LogP contribution in [0.2, 0.25) is 0 Å². The number of amides is 2. The summed E-state index contributed by atoms with van der Waals surface area (Å²) >= 11 is 0. The van der Waals surface area contributed by atoms with Gasteiger partial charge in [0.15, 0.2) is 0 Å². The van der Waals surface area contributed by atoms with E-state index in [9.17, 15) is 9.59 Å². The van der Waals surface area contributed by atoms with Crippen molar-refractivity contribution in [3.05, 3.63) is 54.6 Å². The molecule has 1 aliphatic heterocycles. The summed E-state index contributed by atoms with van der Waals surface area (Å²) in [6, 6.07) is 17.6. The zero-order chi connectivity index (χ0) is 20.2. The standard InChI is InChI=1S/C23H25N3O3/c1-29-14-12-22(27)26-13-4-7-21(26)23(28)24-18-10-8-16(9-11-18)20-15-17-5-2-3-6-19(17)25-20/h2-3,5-6,8-11,15,21,25H,4,7,12-14H2,1H3,(H,24,28)/t21-/m0/s1. The molecule has 2 aromatic carbocycles. The van der Waals surface area contributed by atoms with Gasteiger partial charge in [0.2, 0.25) is 11.8 Å². The van der Waals surface area contributed by atoms with E-state index in [2.05, 4.69) is 28.5 Å². The molecule has 0 radical (unpaired) electrons. The summed E-state index contributed by atoms with van der Waals surface area (Å²) in [6.45, 7) is 0.999. The Bertz CT molecular complexity index is 977. The molecule has 1 saturated heterocycles. The van der Waals surface area contributed by atoms with Crippen molar-refractivity contribution in [2.24, 2.45) is 0 Å². The second kappa shape index (κ2) is 8.49. The Morgan fingerprint density at radius 2 is 1.97 bits per heavy atom. The van der Waals surface area contributed by atoms with Gasteiger partial charge >= 0.3 is 0 Å². The van der Waals surface area contributed by atoms with Gasteiger partial charge in [0.25, 0.3) is 0 Å². The predicted octanol–water partition coefficient (Wildman–Crippen LogP) is 3.80. The molecular formula is C23H25N3O3. The van der Waals surface area contributed by atoms with E-state index < -0.39 is 6.04 Å². The minimum Gasteiger partial charge on any atom is -0.384 e. The van der Waals surface area contributed by atoms with Crippen LogP contribution in [0.4, 0.5) is 5.69 Å². The van der Waals surface area contributed by atoms with Gasteiger partial charge in [-0.2, -0.15) is 0 Å². The van der Waals surface area contributed by atoms with Crippen LogP contribution in [0, 0.1) is 0 Å². The van der Waals surface area contributed by atoms with E-state index in [1.807, 2.05) is 36.4 Å². The number of nitrogens with zero attached hydrogens (tertiary/aromatic N) is 1. The highest BCUT2D eigenvalue weighted by Gasteiger charge is 2.33. The molecule has 6 nitrogen and oxygen atoms in total. The van der Waals surface area contributed by atoms with E-state index in [0.717, 1.165) is 28.9 Å². The van der Waals surface area contributed by atoms with Gasteiger partial charge in [-0.1, -0.05) is 30.3 Å². The fourth-order valence-electron chi connectivity index (χ4n) is 3.86. The summed E-state index contributed by atoms with van der Waals surface area (Å²) in [4.78, 5) is 30.1. The smallest absolute Gasteiger partial charge is 0.247 e. The van der Waals surface area contributed by atoms with Crippen LogP contribution in [-0.2, 0) is 14.3 Å². The number of hydrogen-bond acceptors (Lipinski definition) is 3. The second-order valence-electron chi connectivity index (χ2n) is 7.32. The number of para-hydroxylation sites is 1. The number of carbonyl (C=O) groups excluding carboxylic acids is 2. The molecule has 0 saturated carbocycles. The van der Waals surface area contributed by atoms with E-state index in [0.29, 0.717) is 26.0 Å². The summed E-state index contributed by atoms with van der Waals surface area (Å²) in [5.41, 5.74) is 3.91. The monoisotopic (exact) mass is 391 g/mol. The van der Waals surface area contributed by atoms with Gasteiger partial charge in [-0.05, 0) is 42.7 Å². The van der Waals surface area contributed by atoms with Crippen LogP contribution < -0.4 is 5.32 Å². The van der Waals surface area contributed by atoms with Crippen LogP contribution in [0.15, 0.2) is 54.6 Å². The lowest BCUT2D eigenvalue weighted by molar-refractivity contribution is -0.137. The number of rotatable bonds is 6. The quantitative estimate of drug-likeness (QED) is 0.671. The van der Waals surface area contributed by atoms with E-state index in [1.165, 1.54) is 5.39 Å². The maximum atomic E-state index is 12.7. The van der Waals surface area contributed by atoms with E-state index in [1.54, 1.807) is 12.0 Å². The Labute approximate surface area is 169 Å². The highest BCUT2D eigenvalue weighted by molar-refractivity contribution is 5.97. The maximum Gasteiger partial charge on any atom is 0.247 e. The Morgan fingerprint density at radius 3 is 2.72 bits per heavy atom. The van der Waals surface area contributed by atoms with Crippen molar-refractivity contribution < 1.29 is 14.3 Å². The van der Waals surface area contributed by atoms with Crippen molar-refractivity contribution in [2.45, 2.75) is 25.3 Å². The molecule has 3 aromatic rings. The molecule has 1 fully saturated rings. The average molecular weight is 391 g/mol. The molecule has 29 heavy (non-hydrogen) atoms. The van der Waals surface area contributed by atoms with E-state index in [4.69, 9.17) is 4.74 Å². The van der Waals surface area contributed by atoms with Crippen LogP contribution in [0.1, 0.15) is 19.3 Å². The number of methoxy groups -OCH3 is 1. The fraction of sp³-hybridized carbons (Fsp3) is 0.304. The molecule has 1 aliphatic rings. The summed E-state index contributed by atoms with van der Waals surface area (Å²) < 4.78 is 4.98. The van der Waals surface area contributed by atoms with Gasteiger partial charge in [-0.15, -0.1) is 0 Å². The number of anilines is 1.